The average Bonchev–Trinajstić information content (AvgIpc) is 3.14. The molecular weight excluding hydrogens is 430 g/mol. The van der Waals surface area contributed by atoms with Crippen LogP contribution in [0, 0.1) is 11.8 Å². The predicted octanol–water partition coefficient (Wildman–Crippen LogP) is 3.73. The van der Waals surface area contributed by atoms with Gasteiger partial charge in [0.15, 0.2) is 0 Å². The van der Waals surface area contributed by atoms with Crippen LogP contribution in [-0.4, -0.2) is 41.5 Å². The summed E-state index contributed by atoms with van der Waals surface area (Å²) in [5, 5.41) is 7.15. The third-order valence-corrected chi connectivity index (χ3v) is 7.23. The summed E-state index contributed by atoms with van der Waals surface area (Å²) in [5.41, 5.74) is 2.21. The Bertz CT molecular complexity index is 1010. The van der Waals surface area contributed by atoms with Crippen molar-refractivity contribution < 1.29 is 19.1 Å². The number of esters is 1. The number of aromatic nitrogens is 1. The molecule has 2 aromatic rings. The van der Waals surface area contributed by atoms with Gasteiger partial charge < -0.3 is 19.9 Å². The van der Waals surface area contributed by atoms with Gasteiger partial charge in [-0.05, 0) is 50.2 Å². The standard InChI is InChI=1S/C27H37N3O4/c1-2-34-25(31)17-20(15-19-9-8-10-19)26(32)29-23-16-21-18-30(24-12-5-4-11-22(21)24)14-7-3-6-13-28-27(23)33/h4-5,11-12,18-20,23H,2-3,6-10,13-17H2,1H3,(H,28,33)(H,29,32)/t20-,23+/m1/s1. The number of aryl methyl sites for hydroxylation is 1. The van der Waals surface area contributed by atoms with Gasteiger partial charge in [0.05, 0.1) is 13.0 Å². The van der Waals surface area contributed by atoms with E-state index in [4.69, 9.17) is 4.74 Å². The highest BCUT2D eigenvalue weighted by Gasteiger charge is 2.32. The Balaban J connectivity index is 1.55. The molecule has 2 heterocycles. The summed E-state index contributed by atoms with van der Waals surface area (Å²) >= 11 is 0. The lowest BCUT2D eigenvalue weighted by atomic mass is 9.78. The van der Waals surface area contributed by atoms with Crippen molar-refractivity contribution in [1.82, 2.24) is 15.2 Å². The van der Waals surface area contributed by atoms with Crippen molar-refractivity contribution in [1.29, 1.82) is 0 Å². The number of nitrogens with zero attached hydrogens (tertiary/aromatic N) is 1. The van der Waals surface area contributed by atoms with Crippen molar-refractivity contribution in [3.05, 3.63) is 36.0 Å². The van der Waals surface area contributed by atoms with Crippen molar-refractivity contribution in [2.24, 2.45) is 11.8 Å². The summed E-state index contributed by atoms with van der Waals surface area (Å²) in [7, 11) is 0. The van der Waals surface area contributed by atoms with Gasteiger partial charge in [-0.3, -0.25) is 14.4 Å². The molecular formula is C27H37N3O4. The molecule has 0 spiro atoms. The van der Waals surface area contributed by atoms with Crippen molar-refractivity contribution in [3.63, 3.8) is 0 Å². The normalized spacial score (nSPS) is 20.4. The maximum absolute atomic E-state index is 13.4. The molecule has 7 nitrogen and oxygen atoms in total. The summed E-state index contributed by atoms with van der Waals surface area (Å²) < 4.78 is 7.39. The Morgan fingerprint density at radius 3 is 2.76 bits per heavy atom. The number of para-hydroxylation sites is 1. The number of hydrogen-bond acceptors (Lipinski definition) is 4. The number of nitrogens with one attached hydrogen (secondary N) is 2. The lowest BCUT2D eigenvalue weighted by molar-refractivity contribution is -0.147. The van der Waals surface area contributed by atoms with Crippen LogP contribution in [0.15, 0.2) is 30.5 Å². The smallest absolute Gasteiger partial charge is 0.306 e. The highest BCUT2D eigenvalue weighted by atomic mass is 16.5. The Labute approximate surface area is 201 Å². The van der Waals surface area contributed by atoms with Crippen molar-refractivity contribution in [2.75, 3.05) is 13.2 Å². The number of carbonyl (C=O) groups is 3. The summed E-state index contributed by atoms with van der Waals surface area (Å²) in [6.45, 7) is 3.61. The molecule has 0 unspecified atom stereocenters. The fourth-order valence-electron chi connectivity index (χ4n) is 5.14. The van der Waals surface area contributed by atoms with Crippen LogP contribution in [0.2, 0.25) is 0 Å². The minimum Gasteiger partial charge on any atom is -0.466 e. The fourth-order valence-corrected chi connectivity index (χ4v) is 5.14. The molecule has 4 rings (SSSR count). The van der Waals surface area contributed by atoms with E-state index in [1.165, 1.54) is 6.42 Å². The van der Waals surface area contributed by atoms with E-state index in [0.29, 0.717) is 31.9 Å². The van der Waals surface area contributed by atoms with Crippen molar-refractivity contribution in [2.45, 2.75) is 77.3 Å². The first-order valence-corrected chi connectivity index (χ1v) is 12.9. The first-order chi connectivity index (χ1) is 16.5. The second-order valence-electron chi connectivity index (χ2n) is 9.72. The Morgan fingerprint density at radius 1 is 1.18 bits per heavy atom. The van der Waals surface area contributed by atoms with Gasteiger partial charge in [0.1, 0.15) is 6.04 Å². The van der Waals surface area contributed by atoms with Gasteiger partial charge in [-0.25, -0.2) is 0 Å². The minimum absolute atomic E-state index is 0.0593. The first-order valence-electron chi connectivity index (χ1n) is 12.9. The molecule has 2 amide bonds. The molecule has 2 bridgehead atoms. The Hall–Kier alpha value is -2.83. The highest BCUT2D eigenvalue weighted by molar-refractivity contribution is 5.91. The monoisotopic (exact) mass is 467 g/mol. The lowest BCUT2D eigenvalue weighted by Crippen LogP contribution is -2.50. The van der Waals surface area contributed by atoms with E-state index in [2.05, 4.69) is 33.5 Å². The molecule has 1 saturated carbocycles. The molecule has 34 heavy (non-hydrogen) atoms. The molecule has 1 aromatic carbocycles. The van der Waals surface area contributed by atoms with E-state index in [0.717, 1.165) is 55.1 Å². The lowest BCUT2D eigenvalue weighted by Gasteiger charge is -2.29. The molecule has 1 aliphatic carbocycles. The van der Waals surface area contributed by atoms with E-state index < -0.39 is 12.0 Å². The van der Waals surface area contributed by atoms with Crippen LogP contribution in [0.3, 0.4) is 0 Å². The van der Waals surface area contributed by atoms with Gasteiger partial charge >= 0.3 is 5.97 Å². The fraction of sp³-hybridized carbons (Fsp3) is 0.593. The zero-order chi connectivity index (χ0) is 23.9. The molecule has 7 heteroatoms. The van der Waals surface area contributed by atoms with Gasteiger partial charge in [0.25, 0.3) is 0 Å². The summed E-state index contributed by atoms with van der Waals surface area (Å²) in [5.74, 6) is -0.749. The molecule has 1 aliphatic heterocycles. The highest BCUT2D eigenvalue weighted by Crippen LogP contribution is 2.33. The quantitative estimate of drug-likeness (QED) is 0.607. The third-order valence-electron chi connectivity index (χ3n) is 7.23. The molecule has 184 valence electrons. The van der Waals surface area contributed by atoms with Crippen LogP contribution in [-0.2, 0) is 32.1 Å². The number of fused-ring (bicyclic) bond motifs is 5. The SMILES string of the molecule is CCOC(=O)C[C@@H](CC1CCC1)C(=O)N[C@H]1Cc2cn(c3ccccc23)CCCCCNC1=O. The van der Waals surface area contributed by atoms with Crippen molar-refractivity contribution in [3.8, 4) is 0 Å². The number of amides is 2. The van der Waals surface area contributed by atoms with Gasteiger partial charge in [-0.15, -0.1) is 0 Å². The van der Waals surface area contributed by atoms with Crippen LogP contribution >= 0.6 is 0 Å². The first kappa shape index (κ1) is 24.3. The van der Waals surface area contributed by atoms with Crippen molar-refractivity contribution >= 4 is 28.7 Å². The largest absolute Gasteiger partial charge is 0.466 e. The van der Waals surface area contributed by atoms with E-state index in [-0.39, 0.29) is 24.2 Å². The second kappa shape index (κ2) is 11.5. The molecule has 2 atom stereocenters. The number of hydrogen-bond donors (Lipinski definition) is 2. The summed E-state index contributed by atoms with van der Waals surface area (Å²) in [6.07, 6.45) is 9.63. The van der Waals surface area contributed by atoms with E-state index in [1.54, 1.807) is 6.92 Å². The van der Waals surface area contributed by atoms with Crippen LogP contribution in [0.4, 0.5) is 0 Å². The molecule has 1 aromatic heterocycles. The molecule has 2 aliphatic rings. The van der Waals surface area contributed by atoms with E-state index in [9.17, 15) is 14.4 Å². The van der Waals surface area contributed by atoms with E-state index >= 15 is 0 Å². The van der Waals surface area contributed by atoms with Crippen LogP contribution in [0.5, 0.6) is 0 Å². The minimum atomic E-state index is -0.683. The summed E-state index contributed by atoms with van der Waals surface area (Å²) in [6, 6.07) is 7.55. The zero-order valence-corrected chi connectivity index (χ0v) is 20.2. The Morgan fingerprint density at radius 2 is 2.00 bits per heavy atom. The Kier molecular flexibility index (Phi) is 8.25. The molecule has 0 radical (unpaired) electrons. The average molecular weight is 468 g/mol. The number of ether oxygens (including phenoxy) is 1. The van der Waals surface area contributed by atoms with Gasteiger partial charge in [0.2, 0.25) is 11.8 Å². The maximum atomic E-state index is 13.4. The predicted molar refractivity (Wildman–Crippen MR) is 131 cm³/mol. The maximum Gasteiger partial charge on any atom is 0.306 e. The number of rotatable bonds is 7. The van der Waals surface area contributed by atoms with Crippen LogP contribution in [0.1, 0.15) is 63.9 Å². The van der Waals surface area contributed by atoms with Crippen LogP contribution < -0.4 is 10.6 Å². The molecule has 0 saturated heterocycles. The summed E-state index contributed by atoms with van der Waals surface area (Å²) in [4.78, 5) is 38.7. The number of benzene rings is 1. The van der Waals surface area contributed by atoms with Gasteiger partial charge in [0, 0.05) is 42.5 Å². The van der Waals surface area contributed by atoms with Crippen LogP contribution in [0.25, 0.3) is 10.9 Å². The second-order valence-corrected chi connectivity index (χ2v) is 9.72. The van der Waals surface area contributed by atoms with Gasteiger partial charge in [-0.1, -0.05) is 37.5 Å². The number of carbonyl (C=O) groups excluding carboxylic acids is 3. The molecule has 1 fully saturated rings. The third kappa shape index (κ3) is 5.99. The zero-order valence-electron chi connectivity index (χ0n) is 20.2. The topological polar surface area (TPSA) is 89.4 Å². The van der Waals surface area contributed by atoms with E-state index in [1.807, 2.05) is 12.1 Å². The molecule has 2 N–H and O–H groups in total. The van der Waals surface area contributed by atoms with Gasteiger partial charge in [-0.2, -0.15) is 0 Å².